The van der Waals surface area contributed by atoms with Crippen molar-refractivity contribution >= 4 is 5.82 Å². The molecule has 0 saturated heterocycles. The number of ether oxygens (including phenoxy) is 1. The Morgan fingerprint density at radius 3 is 2.62 bits per heavy atom. The summed E-state index contributed by atoms with van der Waals surface area (Å²) >= 11 is 0. The molecule has 1 N–H and O–H groups in total. The van der Waals surface area contributed by atoms with Gasteiger partial charge in [-0.15, -0.1) is 10.2 Å². The first kappa shape index (κ1) is 15.3. The normalized spacial score (nSPS) is 13.1. The quantitative estimate of drug-likeness (QED) is 0.887. The zero-order chi connectivity index (χ0) is 15.3. The lowest BCUT2D eigenvalue weighted by Crippen LogP contribution is -2.15. The van der Waals surface area contributed by atoms with Crippen LogP contribution in [0.3, 0.4) is 0 Å². The number of rotatable bonds is 6. The Morgan fingerprint density at radius 2 is 2.10 bits per heavy atom. The van der Waals surface area contributed by atoms with Gasteiger partial charge in [0.15, 0.2) is 5.69 Å². The maximum absolute atomic E-state index is 12.4. The van der Waals surface area contributed by atoms with Gasteiger partial charge in [-0.2, -0.15) is 13.2 Å². The van der Waals surface area contributed by atoms with E-state index in [1.54, 1.807) is 19.2 Å². The van der Waals surface area contributed by atoms with Gasteiger partial charge in [0.25, 0.3) is 0 Å². The van der Waals surface area contributed by atoms with Gasteiger partial charge in [0.2, 0.25) is 0 Å². The van der Waals surface area contributed by atoms with Crippen LogP contribution in [0.15, 0.2) is 34.9 Å². The predicted molar refractivity (Wildman–Crippen MR) is 68.6 cm³/mol. The lowest BCUT2D eigenvalue weighted by molar-refractivity contribution is -0.141. The molecule has 8 heteroatoms. The summed E-state index contributed by atoms with van der Waals surface area (Å²) in [6.07, 6.45) is -2.40. The highest BCUT2D eigenvalue weighted by Gasteiger charge is 2.33. The molecule has 0 saturated carbocycles. The molecule has 114 valence electrons. The number of methoxy groups -OCH3 is 1. The lowest BCUT2D eigenvalue weighted by atomic mass is 10.1. The first-order valence-electron chi connectivity index (χ1n) is 6.20. The van der Waals surface area contributed by atoms with E-state index >= 15 is 0 Å². The number of aromatic nitrogens is 2. The first-order chi connectivity index (χ1) is 10.0. The van der Waals surface area contributed by atoms with E-state index in [4.69, 9.17) is 9.15 Å². The summed E-state index contributed by atoms with van der Waals surface area (Å²) in [5.41, 5.74) is -1.03. The van der Waals surface area contributed by atoms with Crippen LogP contribution in [-0.2, 0) is 10.9 Å². The molecule has 0 bridgehead atoms. The van der Waals surface area contributed by atoms with E-state index < -0.39 is 11.9 Å². The summed E-state index contributed by atoms with van der Waals surface area (Å²) in [5.74, 6) is 0.884. The molecule has 2 heterocycles. The Morgan fingerprint density at radius 1 is 1.29 bits per heavy atom. The Kier molecular flexibility index (Phi) is 4.79. The van der Waals surface area contributed by atoms with Crippen molar-refractivity contribution in [1.29, 1.82) is 0 Å². The second kappa shape index (κ2) is 6.57. The minimum atomic E-state index is -4.50. The van der Waals surface area contributed by atoms with Gasteiger partial charge in [0.05, 0.1) is 12.3 Å². The molecule has 21 heavy (non-hydrogen) atoms. The molecular weight excluding hydrogens is 287 g/mol. The molecule has 0 radical (unpaired) electrons. The zero-order valence-electron chi connectivity index (χ0n) is 11.2. The number of furan rings is 1. The number of hydrogen-bond donors (Lipinski definition) is 1. The molecule has 5 nitrogen and oxygen atoms in total. The fourth-order valence-corrected chi connectivity index (χ4v) is 1.75. The molecule has 1 atom stereocenters. The van der Waals surface area contributed by atoms with E-state index in [-0.39, 0.29) is 11.9 Å². The lowest BCUT2D eigenvalue weighted by Gasteiger charge is -2.16. The third-order valence-corrected chi connectivity index (χ3v) is 2.77. The van der Waals surface area contributed by atoms with Gasteiger partial charge in [0, 0.05) is 13.7 Å². The average molecular weight is 301 g/mol. The fraction of sp³-hybridized carbons (Fsp3) is 0.385. The summed E-state index contributed by atoms with van der Waals surface area (Å²) in [6, 6.07) is 5.36. The smallest absolute Gasteiger partial charge is 0.435 e. The average Bonchev–Trinajstić information content (AvgIpc) is 2.97. The topological polar surface area (TPSA) is 60.2 Å². The highest BCUT2D eigenvalue weighted by Crippen LogP contribution is 2.28. The number of halogens is 3. The Bertz CT molecular complexity index is 541. The van der Waals surface area contributed by atoms with Crippen molar-refractivity contribution in [3.05, 3.63) is 42.0 Å². The van der Waals surface area contributed by atoms with Crippen LogP contribution in [0.2, 0.25) is 0 Å². The van der Waals surface area contributed by atoms with Crippen LogP contribution in [0.25, 0.3) is 0 Å². The van der Waals surface area contributed by atoms with Crippen molar-refractivity contribution < 1.29 is 22.3 Å². The zero-order valence-corrected chi connectivity index (χ0v) is 11.2. The van der Waals surface area contributed by atoms with E-state index in [1.807, 2.05) is 0 Å². The Labute approximate surface area is 119 Å². The van der Waals surface area contributed by atoms with E-state index in [0.29, 0.717) is 18.8 Å². The van der Waals surface area contributed by atoms with E-state index in [1.165, 1.54) is 12.3 Å². The van der Waals surface area contributed by atoms with Crippen molar-refractivity contribution in [2.75, 3.05) is 19.0 Å². The fourth-order valence-electron chi connectivity index (χ4n) is 1.75. The molecule has 2 aromatic rings. The molecule has 0 aromatic carbocycles. The van der Waals surface area contributed by atoms with Crippen molar-refractivity contribution in [2.45, 2.75) is 18.6 Å². The van der Waals surface area contributed by atoms with Gasteiger partial charge < -0.3 is 14.5 Å². The van der Waals surface area contributed by atoms with Gasteiger partial charge >= 0.3 is 6.18 Å². The first-order valence-corrected chi connectivity index (χ1v) is 6.20. The maximum atomic E-state index is 12.4. The second-order valence-corrected chi connectivity index (χ2v) is 4.30. The summed E-state index contributed by atoms with van der Waals surface area (Å²) in [6.45, 7) is 0.465. The second-order valence-electron chi connectivity index (χ2n) is 4.30. The number of anilines is 1. The minimum Gasteiger partial charge on any atom is -0.467 e. The third-order valence-electron chi connectivity index (χ3n) is 2.77. The number of alkyl halides is 3. The standard InChI is InChI=1S/C13H14F3N3O2/c1-20-8-6-9(10-3-2-7-21-10)17-12-5-4-11(18-19-12)13(14,15)16/h2-5,7,9H,6,8H2,1H3,(H,17,19)/t9-/m0/s1. The van der Waals surface area contributed by atoms with Crippen LogP contribution in [-0.4, -0.2) is 23.9 Å². The van der Waals surface area contributed by atoms with Gasteiger partial charge in [-0.05, 0) is 30.7 Å². The molecule has 0 aliphatic carbocycles. The summed E-state index contributed by atoms with van der Waals surface area (Å²) < 4.78 is 47.6. The summed E-state index contributed by atoms with van der Waals surface area (Å²) in [4.78, 5) is 0. The van der Waals surface area contributed by atoms with E-state index in [2.05, 4.69) is 15.5 Å². The van der Waals surface area contributed by atoms with Crippen LogP contribution in [0, 0.1) is 0 Å². The SMILES string of the molecule is COCC[C@H](Nc1ccc(C(F)(F)F)nn1)c1ccco1. The summed E-state index contributed by atoms with van der Waals surface area (Å²) in [7, 11) is 1.57. The third kappa shape index (κ3) is 4.19. The van der Waals surface area contributed by atoms with Crippen LogP contribution in [0.1, 0.15) is 23.9 Å². The maximum Gasteiger partial charge on any atom is 0.435 e. The van der Waals surface area contributed by atoms with Crippen LogP contribution >= 0.6 is 0 Å². The van der Waals surface area contributed by atoms with Crippen LogP contribution in [0.4, 0.5) is 19.0 Å². The van der Waals surface area contributed by atoms with Crippen molar-refractivity contribution in [3.8, 4) is 0 Å². The molecular formula is C13H14F3N3O2. The van der Waals surface area contributed by atoms with Crippen molar-refractivity contribution in [1.82, 2.24) is 10.2 Å². The Hall–Kier alpha value is -2.09. The highest BCUT2D eigenvalue weighted by atomic mass is 19.4. The molecule has 2 rings (SSSR count). The van der Waals surface area contributed by atoms with Crippen molar-refractivity contribution in [3.63, 3.8) is 0 Å². The van der Waals surface area contributed by atoms with Gasteiger partial charge in [0.1, 0.15) is 11.6 Å². The summed E-state index contributed by atoms with van der Waals surface area (Å²) in [5, 5.41) is 9.68. The van der Waals surface area contributed by atoms with E-state index in [9.17, 15) is 13.2 Å². The molecule has 0 aliphatic heterocycles. The van der Waals surface area contributed by atoms with Gasteiger partial charge in [-0.3, -0.25) is 0 Å². The minimum absolute atomic E-state index is 0.237. The van der Waals surface area contributed by atoms with Crippen molar-refractivity contribution in [2.24, 2.45) is 0 Å². The number of nitrogens with zero attached hydrogens (tertiary/aromatic N) is 2. The molecule has 0 spiro atoms. The highest BCUT2D eigenvalue weighted by molar-refractivity contribution is 5.36. The predicted octanol–water partition coefficient (Wildman–Crippen LogP) is 3.28. The van der Waals surface area contributed by atoms with Crippen LogP contribution < -0.4 is 5.32 Å². The molecule has 0 fully saturated rings. The molecule has 0 unspecified atom stereocenters. The Balaban J connectivity index is 2.09. The molecule has 0 aliphatic rings. The monoisotopic (exact) mass is 301 g/mol. The van der Waals surface area contributed by atoms with E-state index in [0.717, 1.165) is 6.07 Å². The van der Waals surface area contributed by atoms with Gasteiger partial charge in [-0.25, -0.2) is 0 Å². The molecule has 0 amide bonds. The van der Waals surface area contributed by atoms with Crippen LogP contribution in [0.5, 0.6) is 0 Å². The largest absolute Gasteiger partial charge is 0.467 e. The molecule has 2 aromatic heterocycles. The number of hydrogen-bond acceptors (Lipinski definition) is 5. The number of nitrogens with one attached hydrogen (secondary N) is 1. The van der Waals surface area contributed by atoms with Gasteiger partial charge in [-0.1, -0.05) is 0 Å².